The Hall–Kier alpha value is 0.877. The Bertz CT molecular complexity index is 284. The van der Waals surface area contributed by atoms with E-state index < -0.39 is 8.32 Å². The van der Waals surface area contributed by atoms with E-state index in [0.717, 1.165) is 13.0 Å². The summed E-state index contributed by atoms with van der Waals surface area (Å²) in [6.07, 6.45) is 3.42. The topological polar surface area (TPSA) is 27.7 Å². The van der Waals surface area contributed by atoms with Gasteiger partial charge in [-0.2, -0.15) is 0 Å². The van der Waals surface area contributed by atoms with E-state index in [1.54, 1.807) is 11.4 Å². The van der Waals surface area contributed by atoms with Gasteiger partial charge in [-0.3, -0.25) is 0 Å². The van der Waals surface area contributed by atoms with Gasteiger partial charge in [0.05, 0.1) is 20.1 Å². The number of hydrogen-bond donors (Lipinski definition) is 0. The molecule has 19 heavy (non-hydrogen) atoms. The summed E-state index contributed by atoms with van der Waals surface area (Å²) in [5.74, 6) is 0. The monoisotopic (exact) mass is 324 g/mol. The van der Waals surface area contributed by atoms with Crippen molar-refractivity contribution >= 4 is 27.0 Å². The second-order valence-electron chi connectivity index (χ2n) is 6.53. The minimum Gasteiger partial charge on any atom is -0.411 e. The van der Waals surface area contributed by atoms with Crippen LogP contribution in [0.2, 0.25) is 18.1 Å². The van der Waals surface area contributed by atoms with Gasteiger partial charge in [0.25, 0.3) is 0 Å². The molecule has 0 radical (unpaired) electrons. The maximum absolute atomic E-state index is 6.48. The highest BCUT2D eigenvalue weighted by molar-refractivity contribution is 8.53. The summed E-state index contributed by atoms with van der Waals surface area (Å²) in [7, 11) is -2.09. The van der Waals surface area contributed by atoms with Gasteiger partial charge in [-0.1, -0.05) is 20.8 Å². The zero-order valence-electron chi connectivity index (χ0n) is 13.4. The molecule has 0 amide bonds. The SMILES string of the molecule is CS[P@](C)OCC1OCCC1O[Si](C)(C)C(C)(C)C. The Morgan fingerprint density at radius 3 is 2.53 bits per heavy atom. The van der Waals surface area contributed by atoms with Crippen LogP contribution in [-0.2, 0) is 13.7 Å². The van der Waals surface area contributed by atoms with Crippen molar-refractivity contribution in [2.75, 3.05) is 26.1 Å². The Labute approximate surface area is 124 Å². The summed E-state index contributed by atoms with van der Waals surface area (Å²) in [5.41, 5.74) is 0. The molecule has 1 rings (SSSR count). The highest BCUT2D eigenvalue weighted by atomic mass is 32.7. The Morgan fingerprint density at radius 2 is 2.00 bits per heavy atom. The summed E-state index contributed by atoms with van der Waals surface area (Å²) in [5, 5.41) is 0.248. The van der Waals surface area contributed by atoms with Crippen LogP contribution in [-0.4, -0.2) is 46.7 Å². The summed E-state index contributed by atoms with van der Waals surface area (Å²) < 4.78 is 18.1. The first kappa shape index (κ1) is 17.9. The van der Waals surface area contributed by atoms with Crippen LogP contribution in [0.4, 0.5) is 0 Å². The van der Waals surface area contributed by atoms with Crippen LogP contribution in [0, 0.1) is 0 Å². The van der Waals surface area contributed by atoms with E-state index in [4.69, 9.17) is 13.7 Å². The van der Waals surface area contributed by atoms with Crippen molar-refractivity contribution < 1.29 is 13.7 Å². The van der Waals surface area contributed by atoms with Gasteiger partial charge in [-0.25, -0.2) is 0 Å². The van der Waals surface area contributed by atoms with E-state index in [1.165, 1.54) is 0 Å². The molecule has 0 aromatic heterocycles. The number of ether oxygens (including phenoxy) is 1. The second-order valence-corrected chi connectivity index (χ2v) is 15.4. The van der Waals surface area contributed by atoms with Crippen molar-refractivity contribution in [3.63, 3.8) is 0 Å². The number of rotatable bonds is 6. The average Bonchev–Trinajstić information content (AvgIpc) is 2.71. The molecule has 3 nitrogen and oxygen atoms in total. The molecule has 0 spiro atoms. The summed E-state index contributed by atoms with van der Waals surface area (Å²) >= 11 is 1.78. The van der Waals surface area contributed by atoms with E-state index in [2.05, 4.69) is 46.8 Å². The number of hydrogen-bond acceptors (Lipinski definition) is 4. The van der Waals surface area contributed by atoms with Crippen molar-refractivity contribution in [1.82, 2.24) is 0 Å². The predicted octanol–water partition coefficient (Wildman–Crippen LogP) is 4.49. The Kier molecular flexibility index (Phi) is 6.83. The molecular formula is C13H29O3PSSi. The molecule has 0 aromatic carbocycles. The molecule has 3 atom stereocenters. The fourth-order valence-electron chi connectivity index (χ4n) is 1.71. The maximum atomic E-state index is 6.48. The quantitative estimate of drug-likeness (QED) is 0.531. The van der Waals surface area contributed by atoms with Crippen LogP contribution in [0.1, 0.15) is 27.2 Å². The van der Waals surface area contributed by atoms with E-state index in [9.17, 15) is 0 Å². The third kappa shape index (κ3) is 5.29. The van der Waals surface area contributed by atoms with Gasteiger partial charge in [-0.15, -0.1) is 11.4 Å². The first-order valence-corrected chi connectivity index (χ1v) is 13.3. The molecular weight excluding hydrogens is 295 g/mol. The zero-order valence-corrected chi connectivity index (χ0v) is 16.1. The molecule has 1 aliphatic heterocycles. The van der Waals surface area contributed by atoms with Crippen molar-refractivity contribution in [2.45, 2.75) is 57.5 Å². The molecule has 0 aromatic rings. The van der Waals surface area contributed by atoms with Crippen LogP contribution in [0.25, 0.3) is 0 Å². The van der Waals surface area contributed by atoms with Gasteiger partial charge >= 0.3 is 0 Å². The van der Waals surface area contributed by atoms with Crippen molar-refractivity contribution in [1.29, 1.82) is 0 Å². The lowest BCUT2D eigenvalue weighted by atomic mass is 10.2. The lowest BCUT2D eigenvalue weighted by Crippen LogP contribution is -2.46. The minimum atomic E-state index is -1.71. The fourth-order valence-corrected chi connectivity index (χ4v) is 4.05. The predicted molar refractivity (Wildman–Crippen MR) is 88.7 cm³/mol. The summed E-state index contributed by atoms with van der Waals surface area (Å²) in [6.45, 7) is 15.0. The molecule has 1 fully saturated rings. The smallest absolute Gasteiger partial charge is 0.192 e. The first-order chi connectivity index (χ1) is 8.67. The highest BCUT2D eigenvalue weighted by Gasteiger charge is 2.42. The van der Waals surface area contributed by atoms with Crippen molar-refractivity contribution in [2.24, 2.45) is 0 Å². The van der Waals surface area contributed by atoms with Gasteiger partial charge in [0.2, 0.25) is 0 Å². The molecule has 1 saturated heterocycles. The average molecular weight is 324 g/mol. The molecule has 2 unspecified atom stereocenters. The molecule has 114 valence electrons. The summed E-state index contributed by atoms with van der Waals surface area (Å²) in [6, 6.07) is 0. The van der Waals surface area contributed by atoms with E-state index in [0.29, 0.717) is 6.61 Å². The van der Waals surface area contributed by atoms with E-state index in [-0.39, 0.29) is 24.6 Å². The van der Waals surface area contributed by atoms with Crippen LogP contribution in [0.15, 0.2) is 0 Å². The molecule has 0 bridgehead atoms. The molecule has 0 aliphatic carbocycles. The first-order valence-electron chi connectivity index (χ1n) is 6.87. The van der Waals surface area contributed by atoms with Crippen LogP contribution >= 0.6 is 18.7 Å². The minimum absolute atomic E-state index is 0.117. The maximum Gasteiger partial charge on any atom is 0.192 e. The normalized spacial score (nSPS) is 26.7. The molecule has 1 aliphatic rings. The third-order valence-corrected chi connectivity index (χ3v) is 11.5. The third-order valence-electron chi connectivity index (χ3n) is 4.08. The van der Waals surface area contributed by atoms with E-state index in [1.807, 2.05) is 0 Å². The lowest BCUT2D eigenvalue weighted by Gasteiger charge is -2.39. The standard InChI is InChI=1S/C13H29O3PSSi/c1-13(2,3)19(6,7)16-11-8-9-14-12(11)10-15-17(4)18-5/h11-12H,8-10H2,1-7H3/t11?,12?,17-/m1/s1. The van der Waals surface area contributed by atoms with Gasteiger partial charge in [0.15, 0.2) is 8.32 Å². The fraction of sp³-hybridized carbons (Fsp3) is 1.00. The van der Waals surface area contributed by atoms with Crippen molar-refractivity contribution in [3.8, 4) is 0 Å². The van der Waals surface area contributed by atoms with Gasteiger partial charge in [0, 0.05) is 6.61 Å². The van der Waals surface area contributed by atoms with Crippen molar-refractivity contribution in [3.05, 3.63) is 0 Å². The lowest BCUT2D eigenvalue weighted by molar-refractivity contribution is 0.0190. The molecule has 1 heterocycles. The van der Waals surface area contributed by atoms with Crippen LogP contribution in [0.5, 0.6) is 0 Å². The zero-order chi connectivity index (χ0) is 14.7. The Morgan fingerprint density at radius 1 is 1.37 bits per heavy atom. The van der Waals surface area contributed by atoms with Crippen LogP contribution in [0.3, 0.4) is 0 Å². The van der Waals surface area contributed by atoms with Gasteiger partial charge in [-0.05, 0) is 37.5 Å². The van der Waals surface area contributed by atoms with E-state index >= 15 is 0 Å². The molecule has 6 heteroatoms. The molecule has 0 saturated carbocycles. The molecule has 0 N–H and O–H groups in total. The second kappa shape index (κ2) is 7.23. The van der Waals surface area contributed by atoms with Crippen LogP contribution < -0.4 is 0 Å². The Balaban J connectivity index is 2.53. The van der Waals surface area contributed by atoms with Gasteiger partial charge < -0.3 is 13.7 Å². The summed E-state index contributed by atoms with van der Waals surface area (Å²) in [4.78, 5) is 0. The van der Waals surface area contributed by atoms with Gasteiger partial charge in [0.1, 0.15) is 6.10 Å². The highest BCUT2D eigenvalue weighted by Crippen LogP contribution is 2.45. The largest absolute Gasteiger partial charge is 0.411 e.